The van der Waals surface area contributed by atoms with Crippen molar-refractivity contribution >= 4 is 39.0 Å². The van der Waals surface area contributed by atoms with Crippen molar-refractivity contribution in [1.29, 1.82) is 0 Å². The molecule has 4 rings (SSSR count). The van der Waals surface area contributed by atoms with Gasteiger partial charge in [0.15, 0.2) is 5.82 Å². The molecule has 3 aromatic rings. The number of nitrogens with zero attached hydrogens (tertiary/aromatic N) is 4. The summed E-state index contributed by atoms with van der Waals surface area (Å²) in [5.74, 6) is 2.03. The van der Waals surface area contributed by atoms with Crippen molar-refractivity contribution in [2.24, 2.45) is 0 Å². The van der Waals surface area contributed by atoms with Crippen LogP contribution in [0.15, 0.2) is 18.2 Å². The number of fused-ring (bicyclic) bond motifs is 1. The number of aliphatic hydroxyl groups is 1. The van der Waals surface area contributed by atoms with E-state index in [9.17, 15) is 5.11 Å². The molecule has 0 saturated carbocycles. The molecule has 0 spiro atoms. The van der Waals surface area contributed by atoms with Gasteiger partial charge in [-0.3, -0.25) is 0 Å². The second kappa shape index (κ2) is 7.58. The molecular weight excluding hydrogens is 384 g/mol. The van der Waals surface area contributed by atoms with Crippen LogP contribution in [-0.2, 0) is 6.61 Å². The molecule has 1 fully saturated rings. The van der Waals surface area contributed by atoms with E-state index in [1.165, 1.54) is 4.70 Å². The first-order chi connectivity index (χ1) is 13.0. The molecule has 8 heteroatoms. The van der Waals surface area contributed by atoms with Crippen molar-refractivity contribution in [3.8, 4) is 5.75 Å². The lowest BCUT2D eigenvalue weighted by Gasteiger charge is -2.33. The summed E-state index contributed by atoms with van der Waals surface area (Å²) < 4.78 is 7.38. The monoisotopic (exact) mass is 404 g/mol. The largest absolute Gasteiger partial charge is 0.490 e. The van der Waals surface area contributed by atoms with E-state index in [0.717, 1.165) is 53.6 Å². The fraction of sp³-hybridized carbons (Fsp3) is 0.421. The number of halogens is 1. The van der Waals surface area contributed by atoms with Crippen molar-refractivity contribution in [1.82, 2.24) is 15.0 Å². The highest BCUT2D eigenvalue weighted by molar-refractivity contribution is 7.18. The van der Waals surface area contributed by atoms with Gasteiger partial charge in [-0.1, -0.05) is 11.6 Å². The minimum atomic E-state index is -0.217. The number of aliphatic hydroxyl groups excluding tert-OH is 1. The summed E-state index contributed by atoms with van der Waals surface area (Å²) in [6.07, 6.45) is 1.95. The third kappa shape index (κ3) is 3.85. The van der Waals surface area contributed by atoms with Crippen molar-refractivity contribution in [3.63, 3.8) is 0 Å². The van der Waals surface area contributed by atoms with Crippen LogP contribution < -0.4 is 9.64 Å². The first kappa shape index (κ1) is 18.4. The van der Waals surface area contributed by atoms with E-state index in [0.29, 0.717) is 11.0 Å². The first-order valence-corrected chi connectivity index (χ1v) is 10.2. The fourth-order valence-corrected chi connectivity index (χ4v) is 4.36. The lowest BCUT2D eigenvalue weighted by Crippen LogP contribution is -2.39. The zero-order chi connectivity index (χ0) is 19.0. The van der Waals surface area contributed by atoms with Gasteiger partial charge in [-0.15, -0.1) is 11.3 Å². The van der Waals surface area contributed by atoms with E-state index in [1.54, 1.807) is 11.3 Å². The Hall–Kier alpha value is -1.96. The highest BCUT2D eigenvalue weighted by Gasteiger charge is 2.24. The molecule has 0 radical (unpaired) electrons. The van der Waals surface area contributed by atoms with Gasteiger partial charge in [0.25, 0.3) is 0 Å². The van der Waals surface area contributed by atoms with E-state index in [2.05, 4.69) is 25.9 Å². The Morgan fingerprint density at radius 3 is 2.74 bits per heavy atom. The van der Waals surface area contributed by atoms with E-state index in [1.807, 2.05) is 26.0 Å². The van der Waals surface area contributed by atoms with Crippen LogP contribution in [-0.4, -0.2) is 39.3 Å². The summed E-state index contributed by atoms with van der Waals surface area (Å²) in [7, 11) is 0. The molecule has 1 aromatic carbocycles. The van der Waals surface area contributed by atoms with Crippen LogP contribution in [0.1, 0.15) is 29.2 Å². The number of anilines is 1. The Kier molecular flexibility index (Phi) is 5.16. The third-order valence-corrected chi connectivity index (χ3v) is 6.08. The average Bonchev–Trinajstić information content (AvgIpc) is 3.04. The Morgan fingerprint density at radius 2 is 2.00 bits per heavy atom. The molecule has 1 aliphatic rings. The van der Waals surface area contributed by atoms with E-state index in [-0.39, 0.29) is 12.7 Å². The Labute approximate surface area is 166 Å². The topological polar surface area (TPSA) is 71.4 Å². The predicted molar refractivity (Wildman–Crippen MR) is 108 cm³/mol. The number of ether oxygens (including phenoxy) is 1. The highest BCUT2D eigenvalue weighted by Crippen LogP contribution is 2.29. The van der Waals surface area contributed by atoms with Gasteiger partial charge < -0.3 is 14.7 Å². The summed E-state index contributed by atoms with van der Waals surface area (Å²) in [6.45, 7) is 5.35. The number of aromatic nitrogens is 3. The number of hydrogen-bond acceptors (Lipinski definition) is 7. The Morgan fingerprint density at radius 1 is 1.22 bits per heavy atom. The molecule has 27 heavy (non-hydrogen) atoms. The first-order valence-electron chi connectivity index (χ1n) is 8.96. The molecule has 1 saturated heterocycles. The zero-order valence-corrected chi connectivity index (χ0v) is 16.8. The molecule has 0 unspecified atom stereocenters. The summed E-state index contributed by atoms with van der Waals surface area (Å²) >= 11 is 7.88. The maximum atomic E-state index is 9.33. The second-order valence-electron chi connectivity index (χ2n) is 6.70. The second-order valence-corrected chi connectivity index (χ2v) is 8.30. The van der Waals surface area contributed by atoms with Crippen molar-refractivity contribution < 1.29 is 9.84 Å². The minimum absolute atomic E-state index is 0.161. The SMILES string of the molecule is Cc1nc2cc(OC3CCN(c4nc(CO)nc(Cl)c4C)CC3)ccc2s1. The number of rotatable bonds is 4. The molecule has 142 valence electrons. The average molecular weight is 405 g/mol. The van der Waals surface area contributed by atoms with Crippen LogP contribution in [0.25, 0.3) is 10.2 Å². The number of benzene rings is 1. The van der Waals surface area contributed by atoms with E-state index < -0.39 is 0 Å². The lowest BCUT2D eigenvalue weighted by atomic mass is 10.1. The van der Waals surface area contributed by atoms with E-state index >= 15 is 0 Å². The zero-order valence-electron chi connectivity index (χ0n) is 15.3. The summed E-state index contributed by atoms with van der Waals surface area (Å²) in [5, 5.41) is 10.8. The van der Waals surface area contributed by atoms with Gasteiger partial charge in [-0.2, -0.15) is 0 Å². The van der Waals surface area contributed by atoms with Crippen LogP contribution in [0, 0.1) is 13.8 Å². The molecule has 1 N–H and O–H groups in total. The van der Waals surface area contributed by atoms with Gasteiger partial charge in [-0.05, 0) is 26.0 Å². The van der Waals surface area contributed by atoms with Gasteiger partial charge >= 0.3 is 0 Å². The van der Waals surface area contributed by atoms with Crippen molar-refractivity contribution in [3.05, 3.63) is 39.7 Å². The van der Waals surface area contributed by atoms with Crippen LogP contribution in [0.5, 0.6) is 5.75 Å². The number of piperidine rings is 1. The summed E-state index contributed by atoms with van der Waals surface area (Å²) in [6, 6.07) is 6.12. The molecule has 3 heterocycles. The smallest absolute Gasteiger partial charge is 0.157 e. The van der Waals surface area contributed by atoms with Crippen LogP contribution in [0.4, 0.5) is 5.82 Å². The fourth-order valence-electron chi connectivity index (χ4n) is 3.37. The van der Waals surface area contributed by atoms with Crippen molar-refractivity contribution in [2.75, 3.05) is 18.0 Å². The van der Waals surface area contributed by atoms with Gasteiger partial charge in [0, 0.05) is 37.6 Å². The van der Waals surface area contributed by atoms with Crippen LogP contribution in [0.3, 0.4) is 0 Å². The summed E-state index contributed by atoms with van der Waals surface area (Å²) in [4.78, 5) is 15.3. The summed E-state index contributed by atoms with van der Waals surface area (Å²) in [5.41, 5.74) is 1.84. The molecule has 0 bridgehead atoms. The van der Waals surface area contributed by atoms with Gasteiger partial charge in [0.2, 0.25) is 0 Å². The maximum Gasteiger partial charge on any atom is 0.157 e. The Balaban J connectivity index is 1.43. The van der Waals surface area contributed by atoms with Gasteiger partial charge in [0.1, 0.15) is 29.4 Å². The number of thiazole rings is 1. The third-order valence-electron chi connectivity index (χ3n) is 4.76. The molecule has 0 amide bonds. The Bertz CT molecular complexity index is 970. The van der Waals surface area contributed by atoms with Crippen LogP contribution >= 0.6 is 22.9 Å². The van der Waals surface area contributed by atoms with Gasteiger partial charge in [-0.25, -0.2) is 15.0 Å². The molecule has 0 aliphatic carbocycles. The van der Waals surface area contributed by atoms with Crippen molar-refractivity contribution in [2.45, 2.75) is 39.4 Å². The molecule has 6 nitrogen and oxygen atoms in total. The quantitative estimate of drug-likeness (QED) is 0.665. The number of aryl methyl sites for hydroxylation is 1. The molecule has 2 aromatic heterocycles. The standard InChI is InChI=1S/C19H21ClN4O2S/c1-11-18(20)22-17(10-25)23-19(11)24-7-5-13(6-8-24)26-14-3-4-16-15(9-14)21-12(2)27-16/h3-4,9,13,25H,5-8,10H2,1-2H3. The minimum Gasteiger partial charge on any atom is -0.490 e. The molecular formula is C19H21ClN4O2S. The number of hydrogen-bond donors (Lipinski definition) is 1. The predicted octanol–water partition coefficient (Wildman–Crippen LogP) is 3.90. The normalized spacial score (nSPS) is 15.5. The maximum absolute atomic E-state index is 9.33. The van der Waals surface area contributed by atoms with Gasteiger partial charge in [0.05, 0.1) is 15.2 Å². The van der Waals surface area contributed by atoms with E-state index in [4.69, 9.17) is 16.3 Å². The molecule has 0 atom stereocenters. The molecule has 1 aliphatic heterocycles. The highest BCUT2D eigenvalue weighted by atomic mass is 35.5. The van der Waals surface area contributed by atoms with Crippen LogP contribution in [0.2, 0.25) is 5.15 Å². The lowest BCUT2D eigenvalue weighted by molar-refractivity contribution is 0.171.